The third-order valence-corrected chi connectivity index (χ3v) is 5.55. The molecule has 2 atom stereocenters. The van der Waals surface area contributed by atoms with Crippen LogP contribution in [0.2, 0.25) is 0 Å². The van der Waals surface area contributed by atoms with Crippen LogP contribution in [0.1, 0.15) is 19.4 Å². The van der Waals surface area contributed by atoms with Gasteiger partial charge in [-0.3, -0.25) is 9.10 Å². The van der Waals surface area contributed by atoms with Crippen molar-refractivity contribution in [3.63, 3.8) is 0 Å². The molecule has 0 aliphatic carbocycles. The molecule has 0 spiro atoms. The highest BCUT2D eigenvalue weighted by atomic mass is 32.2. The average molecular weight is 421 g/mol. The van der Waals surface area contributed by atoms with Gasteiger partial charge >= 0.3 is 0 Å². The van der Waals surface area contributed by atoms with Crippen LogP contribution in [0.3, 0.4) is 0 Å². The van der Waals surface area contributed by atoms with Gasteiger partial charge in [0.15, 0.2) is 0 Å². The van der Waals surface area contributed by atoms with E-state index >= 15 is 0 Å². The molecule has 0 aliphatic rings. The summed E-state index contributed by atoms with van der Waals surface area (Å²) >= 11 is 0. The molecule has 0 saturated carbocycles. The van der Waals surface area contributed by atoms with Crippen LogP contribution in [-0.4, -0.2) is 46.4 Å². The fraction of sp³-hybridized carbons (Fsp3) is 0.381. The van der Waals surface area contributed by atoms with Crippen LogP contribution in [0.5, 0.6) is 11.5 Å². The lowest BCUT2D eigenvalue weighted by Gasteiger charge is -2.29. The number of rotatable bonds is 9. The van der Waals surface area contributed by atoms with Crippen molar-refractivity contribution < 1.29 is 22.7 Å². The summed E-state index contributed by atoms with van der Waals surface area (Å²) in [4.78, 5) is 12.7. The maximum Gasteiger partial charge on any atom is 0.243 e. The third-order valence-electron chi connectivity index (χ3n) is 4.31. The predicted molar refractivity (Wildman–Crippen MR) is 114 cm³/mol. The van der Waals surface area contributed by atoms with Gasteiger partial charge in [-0.1, -0.05) is 23.8 Å². The SMILES string of the molecule is COc1cccc(N(C(C)C(=O)NC(C)COc2ccc(C)cc2)S(C)(=O)=O)c1. The van der Waals surface area contributed by atoms with Crippen LogP contribution >= 0.6 is 0 Å². The molecular weight excluding hydrogens is 392 g/mol. The van der Waals surface area contributed by atoms with Crippen molar-refractivity contribution in [1.82, 2.24) is 5.32 Å². The molecule has 0 radical (unpaired) electrons. The van der Waals surface area contributed by atoms with Crippen LogP contribution in [0, 0.1) is 6.92 Å². The van der Waals surface area contributed by atoms with Gasteiger partial charge < -0.3 is 14.8 Å². The molecule has 2 unspecified atom stereocenters. The Labute approximate surface area is 172 Å². The standard InChI is InChI=1S/C21H28N2O5S/c1-15-9-11-19(12-10-15)28-14-16(2)22-21(24)17(3)23(29(5,25)26)18-7-6-8-20(13-18)27-4/h6-13,16-17H,14H2,1-5H3,(H,22,24). The van der Waals surface area contributed by atoms with Crippen molar-refractivity contribution in [2.45, 2.75) is 32.9 Å². The maximum atomic E-state index is 12.7. The van der Waals surface area contributed by atoms with Crippen molar-refractivity contribution >= 4 is 21.6 Å². The molecule has 1 N–H and O–H groups in total. The second kappa shape index (κ2) is 9.65. The van der Waals surface area contributed by atoms with Gasteiger partial charge in [0, 0.05) is 6.07 Å². The van der Waals surface area contributed by atoms with Crippen LogP contribution < -0.4 is 19.1 Å². The van der Waals surface area contributed by atoms with Gasteiger partial charge in [-0.25, -0.2) is 8.42 Å². The van der Waals surface area contributed by atoms with E-state index < -0.39 is 22.0 Å². The molecule has 0 saturated heterocycles. The third kappa shape index (κ3) is 6.39. The zero-order valence-corrected chi connectivity index (χ0v) is 18.2. The fourth-order valence-electron chi connectivity index (χ4n) is 2.82. The molecule has 2 aromatic carbocycles. The average Bonchev–Trinajstić information content (AvgIpc) is 2.66. The molecule has 0 bridgehead atoms. The quantitative estimate of drug-likeness (QED) is 0.674. The van der Waals surface area contributed by atoms with Crippen molar-refractivity contribution in [1.29, 1.82) is 0 Å². The summed E-state index contributed by atoms with van der Waals surface area (Å²) in [6.45, 7) is 5.60. The summed E-state index contributed by atoms with van der Waals surface area (Å²) in [6, 6.07) is 12.9. The van der Waals surface area contributed by atoms with E-state index in [4.69, 9.17) is 9.47 Å². The summed E-state index contributed by atoms with van der Waals surface area (Å²) in [6.07, 6.45) is 1.07. The lowest BCUT2D eigenvalue weighted by Crippen LogP contribution is -2.50. The molecule has 1 amide bonds. The van der Waals surface area contributed by atoms with Gasteiger partial charge in [0.1, 0.15) is 24.1 Å². The number of sulfonamides is 1. The number of aryl methyl sites for hydroxylation is 1. The lowest BCUT2D eigenvalue weighted by molar-refractivity contribution is -0.122. The number of hydrogen-bond donors (Lipinski definition) is 1. The normalized spacial score (nSPS) is 13.3. The van der Waals surface area contributed by atoms with E-state index in [1.54, 1.807) is 38.1 Å². The first kappa shape index (κ1) is 22.5. The van der Waals surface area contributed by atoms with E-state index in [1.807, 2.05) is 31.2 Å². The van der Waals surface area contributed by atoms with E-state index in [9.17, 15) is 13.2 Å². The highest BCUT2D eigenvalue weighted by molar-refractivity contribution is 7.92. The van der Waals surface area contributed by atoms with E-state index in [1.165, 1.54) is 7.11 Å². The number of nitrogens with zero attached hydrogens (tertiary/aromatic N) is 1. The van der Waals surface area contributed by atoms with E-state index in [0.717, 1.165) is 16.1 Å². The van der Waals surface area contributed by atoms with Crippen LogP contribution in [0.25, 0.3) is 0 Å². The highest BCUT2D eigenvalue weighted by Crippen LogP contribution is 2.25. The first-order valence-electron chi connectivity index (χ1n) is 9.25. The van der Waals surface area contributed by atoms with E-state index in [-0.39, 0.29) is 12.6 Å². The number of nitrogens with one attached hydrogen (secondary N) is 1. The molecule has 2 aromatic rings. The van der Waals surface area contributed by atoms with Gasteiger partial charge in [-0.15, -0.1) is 0 Å². The molecule has 29 heavy (non-hydrogen) atoms. The summed E-state index contributed by atoms with van der Waals surface area (Å²) in [5.74, 6) is 0.792. The van der Waals surface area contributed by atoms with Gasteiger partial charge in [0.25, 0.3) is 0 Å². The van der Waals surface area contributed by atoms with Crippen molar-refractivity contribution in [3.05, 3.63) is 54.1 Å². The van der Waals surface area contributed by atoms with Crippen molar-refractivity contribution in [2.75, 3.05) is 24.3 Å². The Balaban J connectivity index is 2.07. The number of amides is 1. The molecule has 2 rings (SSSR count). The minimum atomic E-state index is -3.70. The largest absolute Gasteiger partial charge is 0.497 e. The van der Waals surface area contributed by atoms with Crippen LogP contribution in [0.15, 0.2) is 48.5 Å². The number of hydrogen-bond acceptors (Lipinski definition) is 5. The smallest absolute Gasteiger partial charge is 0.243 e. The van der Waals surface area contributed by atoms with Gasteiger partial charge in [0.05, 0.1) is 25.1 Å². The Hall–Kier alpha value is -2.74. The first-order chi connectivity index (χ1) is 13.6. The fourth-order valence-corrected chi connectivity index (χ4v) is 3.98. The van der Waals surface area contributed by atoms with E-state index in [2.05, 4.69) is 5.32 Å². The van der Waals surface area contributed by atoms with Gasteiger partial charge in [-0.2, -0.15) is 0 Å². The molecule has 0 heterocycles. The lowest BCUT2D eigenvalue weighted by atomic mass is 10.2. The van der Waals surface area contributed by atoms with Gasteiger partial charge in [0.2, 0.25) is 15.9 Å². The molecule has 7 nitrogen and oxygen atoms in total. The second-order valence-corrected chi connectivity index (χ2v) is 8.83. The number of anilines is 1. The number of carbonyl (C=O) groups is 1. The molecule has 8 heteroatoms. The topological polar surface area (TPSA) is 84.9 Å². The summed E-state index contributed by atoms with van der Waals surface area (Å²) in [5.41, 5.74) is 1.49. The molecule has 158 valence electrons. The van der Waals surface area contributed by atoms with Crippen LogP contribution in [-0.2, 0) is 14.8 Å². The van der Waals surface area contributed by atoms with Crippen LogP contribution in [0.4, 0.5) is 5.69 Å². The number of methoxy groups -OCH3 is 1. The predicted octanol–water partition coefficient (Wildman–Crippen LogP) is 2.74. The van der Waals surface area contributed by atoms with Gasteiger partial charge in [-0.05, 0) is 45.0 Å². The Morgan fingerprint density at radius 1 is 1.10 bits per heavy atom. The van der Waals surface area contributed by atoms with Crippen molar-refractivity contribution in [2.24, 2.45) is 0 Å². The number of benzene rings is 2. The summed E-state index contributed by atoms with van der Waals surface area (Å²) in [7, 11) is -2.20. The molecule has 0 aliphatic heterocycles. The first-order valence-corrected chi connectivity index (χ1v) is 11.1. The second-order valence-electron chi connectivity index (χ2n) is 6.97. The summed E-state index contributed by atoms with van der Waals surface area (Å²) in [5, 5.41) is 2.81. The number of carbonyl (C=O) groups excluding carboxylic acids is 1. The zero-order valence-electron chi connectivity index (χ0n) is 17.4. The molecular formula is C21H28N2O5S. The van der Waals surface area contributed by atoms with E-state index in [0.29, 0.717) is 17.2 Å². The Bertz CT molecular complexity index is 928. The highest BCUT2D eigenvalue weighted by Gasteiger charge is 2.30. The summed E-state index contributed by atoms with van der Waals surface area (Å²) < 4.78 is 36.7. The molecule has 0 aromatic heterocycles. The maximum absolute atomic E-state index is 12.7. The zero-order chi connectivity index (χ0) is 21.6. The Morgan fingerprint density at radius 3 is 2.34 bits per heavy atom. The number of ether oxygens (including phenoxy) is 2. The molecule has 0 fully saturated rings. The minimum Gasteiger partial charge on any atom is -0.497 e. The van der Waals surface area contributed by atoms with Crippen molar-refractivity contribution in [3.8, 4) is 11.5 Å². The minimum absolute atomic E-state index is 0.263. The monoisotopic (exact) mass is 420 g/mol. The Morgan fingerprint density at radius 2 is 1.76 bits per heavy atom. The Kier molecular flexibility index (Phi) is 7.50.